The molecule has 0 saturated heterocycles. The van der Waals surface area contributed by atoms with E-state index in [1.54, 1.807) is 0 Å². The second-order valence-electron chi connectivity index (χ2n) is 6.45. The maximum absolute atomic E-state index is 10.5. The molecule has 0 amide bonds. The largest absolute Gasteiger partial charge is 0.346 e. The van der Waals surface area contributed by atoms with Gasteiger partial charge in [-0.3, -0.25) is 4.57 Å². The van der Waals surface area contributed by atoms with Crippen molar-refractivity contribution in [2.24, 2.45) is 0 Å². The third-order valence-corrected chi connectivity index (χ3v) is 5.03. The Balaban J connectivity index is 0. The number of rotatable bonds is 17. The van der Waals surface area contributed by atoms with Gasteiger partial charge in [0.05, 0.1) is 0 Å². The van der Waals surface area contributed by atoms with Gasteiger partial charge in [0, 0.05) is 22.9 Å². The second-order valence-corrected chi connectivity index (χ2v) is 7.73. The summed E-state index contributed by atoms with van der Waals surface area (Å²) < 4.78 is 10.5. The van der Waals surface area contributed by atoms with E-state index >= 15 is 0 Å². The molecule has 137 valence electrons. The fourth-order valence-corrected chi connectivity index (χ4v) is 3.38. The molecular formula is C18H39CoO2P. The normalized spacial score (nSPS) is 12.1. The smallest absolute Gasteiger partial charge is 0.189 e. The van der Waals surface area contributed by atoms with Crippen LogP contribution >= 0.6 is 8.03 Å². The molecule has 0 rings (SSSR count). The van der Waals surface area contributed by atoms with Crippen molar-refractivity contribution in [2.45, 2.75) is 110 Å². The Morgan fingerprint density at radius 3 is 1.14 bits per heavy atom. The minimum absolute atomic E-state index is 0. The summed E-state index contributed by atoms with van der Waals surface area (Å²) >= 11 is 0. The van der Waals surface area contributed by atoms with Gasteiger partial charge in [0.25, 0.3) is 0 Å². The van der Waals surface area contributed by atoms with Gasteiger partial charge >= 0.3 is 0 Å². The van der Waals surface area contributed by atoms with Crippen LogP contribution < -0.4 is 0 Å². The van der Waals surface area contributed by atoms with E-state index in [4.69, 9.17) is 4.89 Å². The molecule has 0 aromatic heterocycles. The molecule has 22 heavy (non-hydrogen) atoms. The molecule has 0 saturated carbocycles. The van der Waals surface area contributed by atoms with Crippen LogP contribution in [0.1, 0.15) is 110 Å². The predicted octanol–water partition coefficient (Wildman–Crippen LogP) is 6.71. The minimum atomic E-state index is -2.20. The monoisotopic (exact) mass is 377 g/mol. The fourth-order valence-electron chi connectivity index (χ4n) is 2.82. The van der Waals surface area contributed by atoms with Gasteiger partial charge in [0.1, 0.15) is 0 Å². The first-order chi connectivity index (χ1) is 10.3. The van der Waals surface area contributed by atoms with Gasteiger partial charge in [0.2, 0.25) is 0 Å². The van der Waals surface area contributed by atoms with Crippen LogP contribution in [-0.2, 0) is 21.3 Å². The van der Waals surface area contributed by atoms with Crippen molar-refractivity contribution in [1.82, 2.24) is 0 Å². The Kier molecular flexibility index (Phi) is 24.6. The molecule has 0 fully saturated rings. The van der Waals surface area contributed by atoms with Crippen molar-refractivity contribution >= 4 is 8.03 Å². The molecule has 1 atom stereocenters. The van der Waals surface area contributed by atoms with Crippen LogP contribution in [0.3, 0.4) is 0 Å². The van der Waals surface area contributed by atoms with Crippen LogP contribution in [0.25, 0.3) is 0 Å². The summed E-state index contributed by atoms with van der Waals surface area (Å²) in [7, 11) is -2.20. The Morgan fingerprint density at radius 2 is 0.864 bits per heavy atom. The van der Waals surface area contributed by atoms with Crippen molar-refractivity contribution < 1.29 is 26.2 Å². The molecule has 1 N–H and O–H groups in total. The van der Waals surface area contributed by atoms with Gasteiger partial charge < -0.3 is 4.89 Å². The van der Waals surface area contributed by atoms with E-state index < -0.39 is 8.03 Å². The van der Waals surface area contributed by atoms with Crippen molar-refractivity contribution in [2.75, 3.05) is 6.16 Å². The molecule has 0 aliphatic carbocycles. The van der Waals surface area contributed by atoms with E-state index in [9.17, 15) is 4.57 Å². The van der Waals surface area contributed by atoms with Gasteiger partial charge in [-0.25, -0.2) is 0 Å². The first kappa shape index (κ1) is 24.9. The van der Waals surface area contributed by atoms with Crippen LogP contribution in [0.2, 0.25) is 0 Å². The number of unbranched alkanes of at least 4 members (excludes halogenated alkanes) is 15. The average Bonchev–Trinajstić information content (AvgIpc) is 2.46. The Labute approximate surface area is 150 Å². The van der Waals surface area contributed by atoms with Gasteiger partial charge in [-0.2, -0.15) is 0 Å². The molecule has 0 bridgehead atoms. The molecule has 1 unspecified atom stereocenters. The van der Waals surface area contributed by atoms with E-state index in [0.717, 1.165) is 12.8 Å². The fraction of sp³-hybridized carbons (Fsp3) is 1.00. The zero-order chi connectivity index (χ0) is 15.6. The third kappa shape index (κ3) is 23.0. The summed E-state index contributed by atoms with van der Waals surface area (Å²) in [5, 5.41) is 0. The maximum atomic E-state index is 10.5. The summed E-state index contributed by atoms with van der Waals surface area (Å²) in [6, 6.07) is 0. The van der Waals surface area contributed by atoms with E-state index in [1.807, 2.05) is 0 Å². The van der Waals surface area contributed by atoms with Crippen molar-refractivity contribution in [3.63, 3.8) is 0 Å². The molecule has 0 aromatic carbocycles. The summed E-state index contributed by atoms with van der Waals surface area (Å²) in [4.78, 5) is 8.71. The van der Waals surface area contributed by atoms with Crippen LogP contribution in [0.15, 0.2) is 0 Å². The van der Waals surface area contributed by atoms with Crippen molar-refractivity contribution in [3.8, 4) is 0 Å². The molecule has 0 aliphatic rings. The molecule has 2 nitrogen and oxygen atoms in total. The standard InChI is InChI=1S/C18H39O2P.Co/c1-2-3-4-5-6-7-8-9-10-11-12-13-14-15-16-17-18-21(19)20;/h21H,2-18H2,1H3,(H,19,20);. The number of hydrogen-bond donors (Lipinski definition) is 1. The Morgan fingerprint density at radius 1 is 0.591 bits per heavy atom. The van der Waals surface area contributed by atoms with Gasteiger partial charge in [-0.15, -0.1) is 0 Å². The van der Waals surface area contributed by atoms with Crippen LogP contribution in [0.5, 0.6) is 0 Å². The summed E-state index contributed by atoms with van der Waals surface area (Å²) in [5.74, 6) is 0. The number of hydrogen-bond acceptors (Lipinski definition) is 1. The van der Waals surface area contributed by atoms with E-state index in [-0.39, 0.29) is 16.8 Å². The van der Waals surface area contributed by atoms with E-state index in [2.05, 4.69) is 6.92 Å². The zero-order valence-corrected chi connectivity index (χ0v) is 16.8. The zero-order valence-electron chi connectivity index (χ0n) is 14.7. The first-order valence-electron chi connectivity index (χ1n) is 9.49. The summed E-state index contributed by atoms with van der Waals surface area (Å²) in [6.07, 6.45) is 22.1. The Hall–Kier alpha value is 0.696. The Bertz CT molecular complexity index is 225. The van der Waals surface area contributed by atoms with Gasteiger partial charge in [-0.05, 0) is 6.42 Å². The topological polar surface area (TPSA) is 37.3 Å². The summed E-state index contributed by atoms with van der Waals surface area (Å²) in [5.41, 5.74) is 0. The minimum Gasteiger partial charge on any atom is -0.346 e. The first-order valence-corrected chi connectivity index (χ1v) is 11.1. The predicted molar refractivity (Wildman–Crippen MR) is 95.6 cm³/mol. The van der Waals surface area contributed by atoms with Crippen LogP contribution in [0.4, 0.5) is 0 Å². The molecule has 0 aromatic rings. The molecule has 0 spiro atoms. The molecular weight excluding hydrogens is 338 g/mol. The van der Waals surface area contributed by atoms with Gasteiger partial charge in [0.15, 0.2) is 8.03 Å². The average molecular weight is 377 g/mol. The van der Waals surface area contributed by atoms with E-state index in [1.165, 1.54) is 89.9 Å². The van der Waals surface area contributed by atoms with Crippen LogP contribution in [0, 0.1) is 0 Å². The van der Waals surface area contributed by atoms with Crippen LogP contribution in [-0.4, -0.2) is 11.1 Å². The van der Waals surface area contributed by atoms with Gasteiger partial charge in [-0.1, -0.05) is 103 Å². The van der Waals surface area contributed by atoms with Crippen molar-refractivity contribution in [3.05, 3.63) is 0 Å². The summed E-state index contributed by atoms with van der Waals surface area (Å²) in [6.45, 7) is 2.28. The second kappa shape index (κ2) is 21.7. The molecule has 0 aliphatic heterocycles. The molecule has 1 radical (unpaired) electrons. The third-order valence-electron chi connectivity index (χ3n) is 4.24. The molecule has 4 heteroatoms. The van der Waals surface area contributed by atoms with E-state index in [0.29, 0.717) is 6.16 Å². The quantitative estimate of drug-likeness (QED) is 0.226. The van der Waals surface area contributed by atoms with Crippen molar-refractivity contribution in [1.29, 1.82) is 0 Å². The molecule has 0 heterocycles. The maximum Gasteiger partial charge on any atom is 0.189 e. The SMILES string of the molecule is CCCCCCCCCCCCCCCCCC[PH](=O)O.[Co].